The normalized spacial score (nSPS) is 10.4. The van der Waals surface area contributed by atoms with Gasteiger partial charge in [-0.25, -0.2) is 0 Å². The fourth-order valence-electron chi connectivity index (χ4n) is 2.77. The number of hydrogen-bond acceptors (Lipinski definition) is 3. The lowest BCUT2D eigenvalue weighted by molar-refractivity contribution is -0.113. The van der Waals surface area contributed by atoms with Gasteiger partial charge in [0.2, 0.25) is 5.91 Å². The van der Waals surface area contributed by atoms with Crippen LogP contribution in [-0.4, -0.2) is 17.6 Å². The van der Waals surface area contributed by atoms with Crippen molar-refractivity contribution in [3.63, 3.8) is 0 Å². The van der Waals surface area contributed by atoms with E-state index in [-0.39, 0.29) is 17.6 Å². The van der Waals surface area contributed by atoms with Crippen molar-refractivity contribution in [2.24, 2.45) is 0 Å². The summed E-state index contributed by atoms with van der Waals surface area (Å²) in [5.41, 5.74) is 5.52. The first-order chi connectivity index (χ1) is 13.9. The van der Waals surface area contributed by atoms with Gasteiger partial charge in [0.15, 0.2) is 0 Å². The van der Waals surface area contributed by atoms with Crippen molar-refractivity contribution in [1.29, 1.82) is 0 Å². The molecule has 3 aromatic rings. The Hall–Kier alpha value is -3.05. The van der Waals surface area contributed by atoms with Crippen molar-refractivity contribution < 1.29 is 9.59 Å². The number of aryl methyl sites for hydroxylation is 3. The van der Waals surface area contributed by atoms with E-state index in [1.807, 2.05) is 81.4 Å². The maximum Gasteiger partial charge on any atom is 0.256 e. The van der Waals surface area contributed by atoms with Crippen LogP contribution < -0.4 is 10.6 Å². The van der Waals surface area contributed by atoms with E-state index in [9.17, 15) is 9.59 Å². The summed E-state index contributed by atoms with van der Waals surface area (Å²) >= 11 is 1.35. The predicted molar refractivity (Wildman–Crippen MR) is 121 cm³/mol. The Morgan fingerprint density at radius 3 is 2.21 bits per heavy atom. The zero-order chi connectivity index (χ0) is 20.8. The van der Waals surface area contributed by atoms with Crippen LogP contribution in [0.3, 0.4) is 0 Å². The molecule has 3 rings (SSSR count). The number of amides is 2. The summed E-state index contributed by atoms with van der Waals surface area (Å²) in [7, 11) is 0. The van der Waals surface area contributed by atoms with Crippen molar-refractivity contribution in [2.75, 3.05) is 16.4 Å². The van der Waals surface area contributed by atoms with Gasteiger partial charge in [0, 0.05) is 16.3 Å². The number of rotatable bonds is 6. The third-order valence-corrected chi connectivity index (χ3v) is 5.66. The summed E-state index contributed by atoms with van der Waals surface area (Å²) in [5, 5.41) is 5.83. The van der Waals surface area contributed by atoms with Crippen LogP contribution in [0.25, 0.3) is 0 Å². The Morgan fingerprint density at radius 1 is 0.793 bits per heavy atom. The van der Waals surface area contributed by atoms with E-state index in [0.29, 0.717) is 5.56 Å². The number of nitrogens with one attached hydrogen (secondary N) is 2. The van der Waals surface area contributed by atoms with Crippen LogP contribution in [-0.2, 0) is 4.79 Å². The molecule has 0 atom stereocenters. The number of thioether (sulfide) groups is 1. The highest BCUT2D eigenvalue weighted by Gasteiger charge is 2.13. The molecular weight excluding hydrogens is 380 g/mol. The molecule has 0 saturated heterocycles. The molecule has 0 aliphatic carbocycles. The van der Waals surface area contributed by atoms with Crippen LogP contribution in [0.1, 0.15) is 27.0 Å². The topological polar surface area (TPSA) is 58.2 Å². The molecule has 0 unspecified atom stereocenters. The lowest BCUT2D eigenvalue weighted by atomic mass is 10.1. The number of anilines is 2. The van der Waals surface area contributed by atoms with Crippen molar-refractivity contribution in [3.05, 3.63) is 89.0 Å². The lowest BCUT2D eigenvalue weighted by Gasteiger charge is -2.11. The van der Waals surface area contributed by atoms with E-state index >= 15 is 0 Å². The molecule has 0 saturated carbocycles. The standard InChI is InChI=1S/C24H24N2O2S/c1-16-8-11-19(12-9-16)25-23(27)15-29-22-7-5-4-6-21(22)24(28)26-20-13-10-17(2)18(3)14-20/h4-14H,15H2,1-3H3,(H,25,27)(H,26,28). The van der Waals surface area contributed by atoms with Crippen molar-refractivity contribution >= 4 is 35.0 Å². The Kier molecular flexibility index (Phi) is 6.73. The fourth-order valence-corrected chi connectivity index (χ4v) is 3.62. The number of carbonyl (C=O) groups excluding carboxylic acids is 2. The highest BCUT2D eigenvalue weighted by molar-refractivity contribution is 8.00. The van der Waals surface area contributed by atoms with Crippen LogP contribution in [0.4, 0.5) is 11.4 Å². The fraction of sp³-hybridized carbons (Fsp3) is 0.167. The van der Waals surface area contributed by atoms with Crippen LogP contribution in [0.5, 0.6) is 0 Å². The van der Waals surface area contributed by atoms with E-state index < -0.39 is 0 Å². The van der Waals surface area contributed by atoms with Gasteiger partial charge in [-0.05, 0) is 68.3 Å². The summed E-state index contributed by atoms with van der Waals surface area (Å²) in [5.74, 6) is -0.0690. The maximum atomic E-state index is 12.8. The summed E-state index contributed by atoms with van der Waals surface area (Å²) in [4.78, 5) is 25.8. The molecule has 0 bridgehead atoms. The largest absolute Gasteiger partial charge is 0.325 e. The Balaban J connectivity index is 1.64. The average molecular weight is 405 g/mol. The molecule has 148 valence electrons. The molecule has 29 heavy (non-hydrogen) atoms. The van der Waals surface area contributed by atoms with E-state index in [0.717, 1.165) is 27.4 Å². The van der Waals surface area contributed by atoms with Crippen LogP contribution in [0.15, 0.2) is 71.6 Å². The second kappa shape index (κ2) is 9.43. The molecule has 0 radical (unpaired) electrons. The second-order valence-corrected chi connectivity index (χ2v) is 7.97. The Bertz CT molecular complexity index is 1030. The second-order valence-electron chi connectivity index (χ2n) is 6.95. The van der Waals surface area contributed by atoms with Gasteiger partial charge in [0.25, 0.3) is 5.91 Å². The van der Waals surface area contributed by atoms with Gasteiger partial charge in [-0.1, -0.05) is 35.9 Å². The monoisotopic (exact) mass is 404 g/mol. The molecule has 0 heterocycles. The minimum atomic E-state index is -0.185. The zero-order valence-electron chi connectivity index (χ0n) is 16.8. The third kappa shape index (κ3) is 5.72. The molecular formula is C24H24N2O2S. The molecule has 5 heteroatoms. The minimum Gasteiger partial charge on any atom is -0.325 e. The third-order valence-electron chi connectivity index (χ3n) is 4.59. The first-order valence-corrected chi connectivity index (χ1v) is 10.4. The zero-order valence-corrected chi connectivity index (χ0v) is 17.6. The summed E-state index contributed by atoms with van der Waals surface area (Å²) in [6, 6.07) is 20.8. The van der Waals surface area contributed by atoms with E-state index in [4.69, 9.17) is 0 Å². The van der Waals surface area contributed by atoms with Crippen molar-refractivity contribution in [3.8, 4) is 0 Å². The quantitative estimate of drug-likeness (QED) is 0.526. The van der Waals surface area contributed by atoms with Gasteiger partial charge in [0.05, 0.1) is 11.3 Å². The van der Waals surface area contributed by atoms with Crippen LogP contribution in [0.2, 0.25) is 0 Å². The molecule has 0 aliphatic rings. The Morgan fingerprint density at radius 2 is 1.48 bits per heavy atom. The first-order valence-electron chi connectivity index (χ1n) is 9.39. The van der Waals surface area contributed by atoms with Gasteiger partial charge >= 0.3 is 0 Å². The Labute approximate surface area is 175 Å². The highest BCUT2D eigenvalue weighted by Crippen LogP contribution is 2.24. The predicted octanol–water partition coefficient (Wildman–Crippen LogP) is 5.59. The van der Waals surface area contributed by atoms with E-state index in [2.05, 4.69) is 10.6 Å². The molecule has 0 aliphatic heterocycles. The lowest BCUT2D eigenvalue weighted by Crippen LogP contribution is -2.16. The smallest absolute Gasteiger partial charge is 0.256 e. The highest BCUT2D eigenvalue weighted by atomic mass is 32.2. The molecule has 3 aromatic carbocycles. The van der Waals surface area contributed by atoms with Gasteiger partial charge in [-0.2, -0.15) is 0 Å². The van der Waals surface area contributed by atoms with Crippen LogP contribution >= 0.6 is 11.8 Å². The molecule has 2 amide bonds. The molecule has 2 N–H and O–H groups in total. The molecule has 4 nitrogen and oxygen atoms in total. The summed E-state index contributed by atoms with van der Waals surface area (Å²) < 4.78 is 0. The van der Waals surface area contributed by atoms with Crippen LogP contribution in [0, 0.1) is 20.8 Å². The first kappa shape index (κ1) is 20.7. The van der Waals surface area contributed by atoms with Gasteiger partial charge in [-0.15, -0.1) is 11.8 Å². The maximum absolute atomic E-state index is 12.8. The van der Waals surface area contributed by atoms with E-state index in [1.54, 1.807) is 6.07 Å². The van der Waals surface area contributed by atoms with E-state index in [1.165, 1.54) is 17.3 Å². The summed E-state index contributed by atoms with van der Waals surface area (Å²) in [6.45, 7) is 6.05. The molecule has 0 aromatic heterocycles. The van der Waals surface area contributed by atoms with Gasteiger partial charge < -0.3 is 10.6 Å². The average Bonchev–Trinajstić information content (AvgIpc) is 2.71. The molecule has 0 spiro atoms. The van der Waals surface area contributed by atoms with Crippen molar-refractivity contribution in [1.82, 2.24) is 0 Å². The van der Waals surface area contributed by atoms with Gasteiger partial charge in [-0.3, -0.25) is 9.59 Å². The summed E-state index contributed by atoms with van der Waals surface area (Å²) in [6.07, 6.45) is 0. The number of carbonyl (C=O) groups is 2. The minimum absolute atomic E-state index is 0.108. The SMILES string of the molecule is Cc1ccc(NC(=O)CSc2ccccc2C(=O)Nc2ccc(C)c(C)c2)cc1. The van der Waals surface area contributed by atoms with Gasteiger partial charge in [0.1, 0.15) is 0 Å². The van der Waals surface area contributed by atoms with Crippen molar-refractivity contribution in [2.45, 2.75) is 25.7 Å². The number of benzene rings is 3. The molecule has 0 fully saturated rings. The number of hydrogen-bond donors (Lipinski definition) is 2.